The second-order valence-electron chi connectivity index (χ2n) is 15.7. The van der Waals surface area contributed by atoms with Crippen LogP contribution in [0.4, 0.5) is 0 Å². The quantitative estimate of drug-likeness (QED) is 0.371. The van der Waals surface area contributed by atoms with E-state index in [2.05, 4.69) is 55.4 Å². The van der Waals surface area contributed by atoms with E-state index in [1.54, 1.807) is 0 Å². The van der Waals surface area contributed by atoms with Crippen molar-refractivity contribution in [2.75, 3.05) is 0 Å². The van der Waals surface area contributed by atoms with Crippen LogP contribution in [0, 0.1) is 50.7 Å². The normalized spacial score (nSPS) is 43.9. The Labute approximate surface area is 217 Å². The van der Waals surface area contributed by atoms with E-state index >= 15 is 0 Å². The lowest BCUT2D eigenvalue weighted by atomic mass is 9.38. The van der Waals surface area contributed by atoms with Crippen LogP contribution in [0.25, 0.3) is 0 Å². The number of hydrogen-bond acceptors (Lipinski definition) is 2. The number of Topliss-reactive ketones (excluding diaryl/α,β-unsaturated/α-hetero) is 1. The van der Waals surface area contributed by atoms with Crippen LogP contribution in [0.15, 0.2) is 0 Å². The molecule has 0 saturated heterocycles. The van der Waals surface area contributed by atoms with Crippen molar-refractivity contribution in [2.24, 2.45) is 50.7 Å². The zero-order valence-electron chi connectivity index (χ0n) is 24.6. The first-order valence-corrected chi connectivity index (χ1v) is 15.4. The summed E-state index contributed by atoms with van der Waals surface area (Å²) in [6, 6.07) is 0. The molecule has 0 spiro atoms. The summed E-state index contributed by atoms with van der Waals surface area (Å²) in [5, 5.41) is 11.6. The molecule has 202 valence electrons. The van der Waals surface area contributed by atoms with Crippen molar-refractivity contribution >= 4 is 5.78 Å². The predicted octanol–water partition coefficient (Wildman–Crippen LogP) is 8.99. The van der Waals surface area contributed by atoms with Gasteiger partial charge in [0.25, 0.3) is 0 Å². The number of carbonyl (C=O) groups is 1. The Kier molecular flexibility index (Phi) is 7.45. The van der Waals surface area contributed by atoms with E-state index in [4.69, 9.17) is 0 Å². The van der Waals surface area contributed by atoms with Gasteiger partial charge < -0.3 is 5.11 Å². The second-order valence-corrected chi connectivity index (χ2v) is 15.7. The van der Waals surface area contributed by atoms with Crippen molar-refractivity contribution in [3.63, 3.8) is 0 Å². The number of ketones is 1. The first-order chi connectivity index (χ1) is 16.2. The van der Waals surface area contributed by atoms with E-state index in [0.717, 1.165) is 37.5 Å². The molecule has 4 fully saturated rings. The lowest BCUT2D eigenvalue weighted by molar-refractivity contribution is -0.215. The molecule has 4 aliphatic carbocycles. The summed E-state index contributed by atoms with van der Waals surface area (Å²) in [4.78, 5) is 13.0. The zero-order valence-corrected chi connectivity index (χ0v) is 24.6. The molecule has 35 heavy (non-hydrogen) atoms. The van der Waals surface area contributed by atoms with Crippen molar-refractivity contribution < 1.29 is 9.90 Å². The largest absolute Gasteiger partial charge is 0.393 e. The van der Waals surface area contributed by atoms with Crippen molar-refractivity contribution in [1.82, 2.24) is 0 Å². The lowest BCUT2D eigenvalue weighted by Gasteiger charge is -2.67. The van der Waals surface area contributed by atoms with Gasteiger partial charge >= 0.3 is 0 Å². The number of aliphatic hydroxyl groups excluding tert-OH is 1. The minimum absolute atomic E-state index is 0.0568. The van der Waals surface area contributed by atoms with E-state index in [0.29, 0.717) is 40.3 Å². The Hall–Kier alpha value is -0.370. The van der Waals surface area contributed by atoms with Gasteiger partial charge in [0.15, 0.2) is 0 Å². The minimum atomic E-state index is -0.106. The highest BCUT2D eigenvalue weighted by Crippen LogP contribution is 2.72. The lowest BCUT2D eigenvalue weighted by Crippen LogP contribution is -2.63. The molecule has 4 rings (SSSR count). The monoisotopic (exact) mass is 486 g/mol. The number of rotatable bonds is 8. The summed E-state index contributed by atoms with van der Waals surface area (Å²) < 4.78 is 0. The highest BCUT2D eigenvalue weighted by molar-refractivity contribution is 5.79. The smallest absolute Gasteiger partial charge is 0.133 e. The standard InChI is InChI=1S/C33H58O2/c1-9-29(2,3)30(4,5)22-25(34)15-12-14-23-16-17-26-28-27(35)21-24-13-10-11-18-32(24,7)33(28,8)20-19-31(23,26)6/h23-24,26-28,35H,9-22H2,1-8H3. The third-order valence-corrected chi connectivity index (χ3v) is 14.0. The Balaban J connectivity index is 1.40. The summed E-state index contributed by atoms with van der Waals surface area (Å²) in [7, 11) is 0. The number of carbonyl (C=O) groups excluding carboxylic acids is 1. The van der Waals surface area contributed by atoms with E-state index in [-0.39, 0.29) is 16.9 Å². The molecule has 2 heteroatoms. The first-order valence-electron chi connectivity index (χ1n) is 15.4. The third-order valence-electron chi connectivity index (χ3n) is 14.0. The molecule has 0 aromatic carbocycles. The Morgan fingerprint density at radius 2 is 1.63 bits per heavy atom. The summed E-state index contributed by atoms with van der Waals surface area (Å²) in [5.74, 6) is 3.06. The van der Waals surface area contributed by atoms with E-state index < -0.39 is 0 Å². The average Bonchev–Trinajstić information content (AvgIpc) is 3.10. The van der Waals surface area contributed by atoms with Crippen LogP contribution in [-0.2, 0) is 4.79 Å². The molecular weight excluding hydrogens is 428 g/mol. The molecule has 8 atom stereocenters. The van der Waals surface area contributed by atoms with Crippen LogP contribution in [0.1, 0.15) is 145 Å². The molecule has 0 amide bonds. The summed E-state index contributed by atoms with van der Waals surface area (Å²) in [5.41, 5.74) is 1.32. The fourth-order valence-corrected chi connectivity index (χ4v) is 10.1. The highest BCUT2D eigenvalue weighted by Gasteiger charge is 2.66. The molecule has 1 N–H and O–H groups in total. The highest BCUT2D eigenvalue weighted by atomic mass is 16.3. The van der Waals surface area contributed by atoms with Gasteiger partial charge in [-0.2, -0.15) is 0 Å². The molecule has 0 aromatic heterocycles. The fraction of sp³-hybridized carbons (Fsp3) is 0.970. The molecule has 4 saturated carbocycles. The van der Waals surface area contributed by atoms with Gasteiger partial charge in [0.2, 0.25) is 0 Å². The van der Waals surface area contributed by atoms with Crippen LogP contribution in [-0.4, -0.2) is 17.0 Å². The molecule has 4 aliphatic rings. The molecule has 0 bridgehead atoms. The maximum Gasteiger partial charge on any atom is 0.133 e. The molecule has 0 radical (unpaired) electrons. The van der Waals surface area contributed by atoms with Crippen LogP contribution in [0.2, 0.25) is 0 Å². The Bertz CT molecular complexity index is 782. The number of hydrogen-bond donors (Lipinski definition) is 1. The zero-order chi connectivity index (χ0) is 25.9. The molecular formula is C33H58O2. The summed E-state index contributed by atoms with van der Waals surface area (Å²) in [6.45, 7) is 19.2. The molecule has 0 aromatic rings. The van der Waals surface area contributed by atoms with Crippen LogP contribution < -0.4 is 0 Å². The van der Waals surface area contributed by atoms with Crippen LogP contribution >= 0.6 is 0 Å². The van der Waals surface area contributed by atoms with E-state index in [1.807, 2.05) is 0 Å². The van der Waals surface area contributed by atoms with Crippen LogP contribution in [0.5, 0.6) is 0 Å². The van der Waals surface area contributed by atoms with Gasteiger partial charge in [0.1, 0.15) is 5.78 Å². The van der Waals surface area contributed by atoms with Gasteiger partial charge in [-0.1, -0.05) is 74.7 Å². The van der Waals surface area contributed by atoms with Gasteiger partial charge in [0.05, 0.1) is 6.10 Å². The van der Waals surface area contributed by atoms with Crippen molar-refractivity contribution in [3.8, 4) is 0 Å². The fourth-order valence-electron chi connectivity index (χ4n) is 10.1. The molecule has 2 nitrogen and oxygen atoms in total. The average molecular weight is 487 g/mol. The topological polar surface area (TPSA) is 37.3 Å². The van der Waals surface area contributed by atoms with Gasteiger partial charge in [-0.15, -0.1) is 0 Å². The van der Waals surface area contributed by atoms with Crippen molar-refractivity contribution in [1.29, 1.82) is 0 Å². The SMILES string of the molecule is CCC(C)(C)C(C)(C)CC(=O)CCCC1CCC2C3C(O)CC4CCCCC4(C)C3(C)CCC12C. The van der Waals surface area contributed by atoms with Gasteiger partial charge in [0, 0.05) is 12.8 Å². The Morgan fingerprint density at radius 1 is 0.914 bits per heavy atom. The summed E-state index contributed by atoms with van der Waals surface area (Å²) in [6.07, 6.45) is 16.5. The van der Waals surface area contributed by atoms with E-state index in [1.165, 1.54) is 57.8 Å². The maximum absolute atomic E-state index is 13.0. The molecule has 0 aliphatic heterocycles. The molecule has 8 unspecified atom stereocenters. The summed E-state index contributed by atoms with van der Waals surface area (Å²) >= 11 is 0. The minimum Gasteiger partial charge on any atom is -0.393 e. The van der Waals surface area contributed by atoms with Gasteiger partial charge in [-0.05, 0) is 109 Å². The van der Waals surface area contributed by atoms with E-state index in [9.17, 15) is 9.90 Å². The number of aliphatic hydroxyl groups is 1. The third kappa shape index (κ3) is 4.38. The maximum atomic E-state index is 13.0. The first kappa shape index (κ1) is 27.7. The van der Waals surface area contributed by atoms with Crippen LogP contribution in [0.3, 0.4) is 0 Å². The number of fused-ring (bicyclic) bond motifs is 5. The van der Waals surface area contributed by atoms with Gasteiger partial charge in [-0.25, -0.2) is 0 Å². The Morgan fingerprint density at radius 3 is 2.31 bits per heavy atom. The van der Waals surface area contributed by atoms with Crippen molar-refractivity contribution in [2.45, 2.75) is 151 Å². The molecule has 0 heterocycles. The van der Waals surface area contributed by atoms with Crippen molar-refractivity contribution in [3.05, 3.63) is 0 Å². The van der Waals surface area contributed by atoms with Gasteiger partial charge in [-0.3, -0.25) is 4.79 Å². The second kappa shape index (κ2) is 9.43. The predicted molar refractivity (Wildman–Crippen MR) is 147 cm³/mol.